The van der Waals surface area contributed by atoms with E-state index >= 15 is 0 Å². The molecule has 0 fully saturated rings. The molecule has 0 spiro atoms. The molecule has 0 radical (unpaired) electrons. The Bertz CT molecular complexity index is 482. The van der Waals surface area contributed by atoms with Crippen LogP contribution in [0, 0.1) is 0 Å². The molecule has 1 atom stereocenters. The van der Waals surface area contributed by atoms with Crippen LogP contribution in [-0.4, -0.2) is 29.6 Å². The van der Waals surface area contributed by atoms with Crippen molar-refractivity contribution in [2.24, 2.45) is 0 Å². The minimum atomic E-state index is -0.593. The first kappa shape index (κ1) is 15.2. The van der Waals surface area contributed by atoms with Crippen LogP contribution in [0.3, 0.4) is 0 Å². The zero-order chi connectivity index (χ0) is 14.4. The SMILES string of the molecule is CC(=O)OCC(=O)Nc1ccc(C(=O)C(C)Cl)cc1. The molecule has 1 aromatic rings. The highest BCUT2D eigenvalue weighted by atomic mass is 35.5. The molecule has 0 aromatic heterocycles. The molecule has 6 heteroatoms. The van der Waals surface area contributed by atoms with Crippen molar-refractivity contribution in [3.63, 3.8) is 0 Å². The number of nitrogens with one attached hydrogen (secondary N) is 1. The molecule has 1 N–H and O–H groups in total. The maximum absolute atomic E-state index is 11.6. The second-order valence-electron chi connectivity index (χ2n) is 3.89. The third kappa shape index (κ3) is 5.09. The number of halogens is 1. The average Bonchev–Trinajstić information content (AvgIpc) is 2.36. The van der Waals surface area contributed by atoms with Crippen molar-refractivity contribution in [2.45, 2.75) is 19.2 Å². The summed E-state index contributed by atoms with van der Waals surface area (Å²) in [5.41, 5.74) is 0.983. The van der Waals surface area contributed by atoms with Crippen molar-refractivity contribution in [1.29, 1.82) is 0 Å². The summed E-state index contributed by atoms with van der Waals surface area (Å²) in [6.45, 7) is 2.48. The average molecular weight is 284 g/mol. The number of hydrogen-bond acceptors (Lipinski definition) is 4. The van der Waals surface area contributed by atoms with Crippen LogP contribution < -0.4 is 5.32 Å². The summed E-state index contributed by atoms with van der Waals surface area (Å²) in [4.78, 5) is 33.5. The van der Waals surface area contributed by atoms with E-state index in [1.807, 2.05) is 0 Å². The topological polar surface area (TPSA) is 72.5 Å². The van der Waals surface area contributed by atoms with Gasteiger partial charge in [0.1, 0.15) is 0 Å². The van der Waals surface area contributed by atoms with Gasteiger partial charge in [0.2, 0.25) is 0 Å². The summed E-state index contributed by atoms with van der Waals surface area (Å²) in [6.07, 6.45) is 0. The number of ketones is 1. The van der Waals surface area contributed by atoms with E-state index in [1.54, 1.807) is 31.2 Å². The first-order chi connectivity index (χ1) is 8.90. The van der Waals surface area contributed by atoms with Gasteiger partial charge in [-0.3, -0.25) is 14.4 Å². The van der Waals surface area contributed by atoms with Gasteiger partial charge in [-0.05, 0) is 31.2 Å². The number of alkyl halides is 1. The maximum Gasteiger partial charge on any atom is 0.303 e. The molecule has 0 bridgehead atoms. The molecular formula is C13H14ClNO4. The number of carbonyl (C=O) groups is 3. The number of esters is 1. The summed E-state index contributed by atoms with van der Waals surface area (Å²) < 4.78 is 4.55. The highest BCUT2D eigenvalue weighted by Gasteiger charge is 2.12. The Morgan fingerprint density at radius 1 is 1.26 bits per heavy atom. The van der Waals surface area contributed by atoms with E-state index in [9.17, 15) is 14.4 Å². The Labute approximate surface area is 115 Å². The Balaban J connectivity index is 2.59. The van der Waals surface area contributed by atoms with Crippen molar-refractivity contribution < 1.29 is 19.1 Å². The molecule has 0 saturated carbocycles. The van der Waals surface area contributed by atoms with Crippen LogP contribution >= 0.6 is 11.6 Å². The van der Waals surface area contributed by atoms with E-state index in [-0.39, 0.29) is 12.4 Å². The summed E-state index contributed by atoms with van der Waals surface area (Å²) in [6, 6.07) is 6.31. The fraction of sp³-hybridized carbons (Fsp3) is 0.308. The smallest absolute Gasteiger partial charge is 0.303 e. The number of ether oxygens (including phenoxy) is 1. The number of Topliss-reactive ketones (excluding diaryl/α,β-unsaturated/α-hetero) is 1. The van der Waals surface area contributed by atoms with Gasteiger partial charge in [0.15, 0.2) is 12.4 Å². The third-order valence-corrected chi connectivity index (χ3v) is 2.42. The van der Waals surface area contributed by atoms with Crippen LogP contribution in [-0.2, 0) is 14.3 Å². The van der Waals surface area contributed by atoms with Crippen LogP contribution in [0.4, 0.5) is 5.69 Å². The highest BCUT2D eigenvalue weighted by molar-refractivity contribution is 6.33. The molecule has 0 saturated heterocycles. The van der Waals surface area contributed by atoms with Crippen molar-refractivity contribution in [2.75, 3.05) is 11.9 Å². The molecule has 0 heterocycles. The zero-order valence-electron chi connectivity index (χ0n) is 10.6. The first-order valence-electron chi connectivity index (χ1n) is 5.61. The Morgan fingerprint density at radius 2 is 1.84 bits per heavy atom. The lowest BCUT2D eigenvalue weighted by Gasteiger charge is -2.07. The number of anilines is 1. The fourth-order valence-corrected chi connectivity index (χ4v) is 1.44. The number of hydrogen-bond donors (Lipinski definition) is 1. The number of rotatable bonds is 5. The number of carbonyl (C=O) groups excluding carboxylic acids is 3. The maximum atomic E-state index is 11.6. The van der Waals surface area contributed by atoms with E-state index in [4.69, 9.17) is 11.6 Å². The van der Waals surface area contributed by atoms with Crippen molar-refractivity contribution in [3.05, 3.63) is 29.8 Å². The van der Waals surface area contributed by atoms with E-state index in [2.05, 4.69) is 10.1 Å². The molecule has 5 nitrogen and oxygen atoms in total. The van der Waals surface area contributed by atoms with E-state index in [0.717, 1.165) is 0 Å². The second kappa shape index (κ2) is 6.89. The minimum absolute atomic E-state index is 0.181. The molecule has 1 amide bonds. The van der Waals surface area contributed by atoms with Gasteiger partial charge in [0.25, 0.3) is 5.91 Å². The third-order valence-electron chi connectivity index (χ3n) is 2.22. The fourth-order valence-electron chi connectivity index (χ4n) is 1.31. The molecule has 1 unspecified atom stereocenters. The highest BCUT2D eigenvalue weighted by Crippen LogP contribution is 2.13. The van der Waals surface area contributed by atoms with Crippen LogP contribution in [0.2, 0.25) is 0 Å². The molecule has 0 aliphatic rings. The van der Waals surface area contributed by atoms with Crippen molar-refractivity contribution in [3.8, 4) is 0 Å². The lowest BCUT2D eigenvalue weighted by Crippen LogP contribution is -2.19. The quantitative estimate of drug-likeness (QED) is 0.510. The van der Waals surface area contributed by atoms with Crippen LogP contribution in [0.25, 0.3) is 0 Å². The second-order valence-corrected chi connectivity index (χ2v) is 4.54. The monoisotopic (exact) mass is 283 g/mol. The first-order valence-corrected chi connectivity index (χ1v) is 6.05. The van der Waals surface area contributed by atoms with Gasteiger partial charge in [0, 0.05) is 18.2 Å². The molecular weight excluding hydrogens is 270 g/mol. The summed E-state index contributed by atoms with van der Waals surface area (Å²) in [7, 11) is 0. The van der Waals surface area contributed by atoms with Gasteiger partial charge in [-0.1, -0.05) is 0 Å². The van der Waals surface area contributed by atoms with Crippen molar-refractivity contribution >= 4 is 34.9 Å². The van der Waals surface area contributed by atoms with Gasteiger partial charge >= 0.3 is 5.97 Å². The van der Waals surface area contributed by atoms with Gasteiger partial charge < -0.3 is 10.1 Å². The Hall–Kier alpha value is -1.88. The van der Waals surface area contributed by atoms with Crippen LogP contribution in [0.5, 0.6) is 0 Å². The number of benzene rings is 1. The largest absolute Gasteiger partial charge is 0.456 e. The summed E-state index contributed by atoms with van der Waals surface area (Å²) >= 11 is 5.69. The lowest BCUT2D eigenvalue weighted by molar-refractivity contribution is -0.144. The normalized spacial score (nSPS) is 11.5. The predicted octanol–water partition coefficient (Wildman–Crippen LogP) is 2.00. The molecule has 19 heavy (non-hydrogen) atoms. The van der Waals surface area contributed by atoms with Gasteiger partial charge in [-0.25, -0.2) is 0 Å². The van der Waals surface area contributed by atoms with Gasteiger partial charge in [-0.2, -0.15) is 0 Å². The molecule has 0 aliphatic carbocycles. The van der Waals surface area contributed by atoms with E-state index in [1.165, 1.54) is 6.92 Å². The van der Waals surface area contributed by atoms with E-state index < -0.39 is 17.3 Å². The standard InChI is InChI=1S/C13H14ClNO4/c1-8(14)13(18)10-3-5-11(6-4-10)15-12(17)7-19-9(2)16/h3-6,8H,7H2,1-2H3,(H,15,17). The van der Waals surface area contributed by atoms with Crippen LogP contribution in [0.15, 0.2) is 24.3 Å². The summed E-state index contributed by atoms with van der Waals surface area (Å²) in [5, 5.41) is 1.94. The zero-order valence-corrected chi connectivity index (χ0v) is 11.4. The Morgan fingerprint density at radius 3 is 2.32 bits per heavy atom. The molecule has 102 valence electrons. The minimum Gasteiger partial charge on any atom is -0.456 e. The Kier molecular flexibility index (Phi) is 5.51. The number of amides is 1. The summed E-state index contributed by atoms with van der Waals surface area (Å²) in [5.74, 6) is -1.15. The predicted molar refractivity (Wildman–Crippen MR) is 71.4 cm³/mol. The van der Waals surface area contributed by atoms with Crippen LogP contribution in [0.1, 0.15) is 24.2 Å². The molecule has 0 aliphatic heterocycles. The van der Waals surface area contributed by atoms with Gasteiger partial charge in [0.05, 0.1) is 5.38 Å². The molecule has 1 aromatic carbocycles. The molecule has 1 rings (SSSR count). The van der Waals surface area contributed by atoms with E-state index in [0.29, 0.717) is 11.3 Å². The van der Waals surface area contributed by atoms with Crippen molar-refractivity contribution in [1.82, 2.24) is 0 Å². The van der Waals surface area contributed by atoms with Gasteiger partial charge in [-0.15, -0.1) is 11.6 Å². The lowest BCUT2D eigenvalue weighted by atomic mass is 10.1.